The van der Waals surface area contributed by atoms with Gasteiger partial charge in [0, 0.05) is 15.8 Å². The number of anilines is 2. The monoisotopic (exact) mass is 406 g/mol. The van der Waals surface area contributed by atoms with Crippen molar-refractivity contribution in [1.82, 2.24) is 0 Å². The number of esters is 1. The van der Waals surface area contributed by atoms with Crippen LogP contribution in [0.25, 0.3) is 10.4 Å². The van der Waals surface area contributed by atoms with Crippen molar-refractivity contribution in [3.8, 4) is 10.4 Å². The molecule has 0 radical (unpaired) electrons. The van der Waals surface area contributed by atoms with Crippen LogP contribution in [-0.4, -0.2) is 17.7 Å². The Morgan fingerprint density at radius 1 is 1.19 bits per heavy atom. The molecule has 0 amide bonds. The number of halogens is 1. The highest BCUT2D eigenvalue weighted by Gasteiger charge is 2.22. The Kier molecular flexibility index (Phi) is 5.97. The highest BCUT2D eigenvalue weighted by Crippen LogP contribution is 2.38. The number of para-hydroxylation sites is 1. The molecule has 0 fully saturated rings. The van der Waals surface area contributed by atoms with Gasteiger partial charge in [0.15, 0.2) is 5.11 Å². The van der Waals surface area contributed by atoms with Crippen molar-refractivity contribution in [1.29, 1.82) is 0 Å². The maximum atomic E-state index is 13.8. The van der Waals surface area contributed by atoms with Gasteiger partial charge in [-0.05, 0) is 42.7 Å². The Balaban J connectivity index is 1.86. The van der Waals surface area contributed by atoms with E-state index < -0.39 is 11.8 Å². The van der Waals surface area contributed by atoms with Crippen molar-refractivity contribution in [3.05, 3.63) is 58.5 Å². The topological polar surface area (TPSA) is 50.4 Å². The largest absolute Gasteiger partial charge is 0.462 e. The summed E-state index contributed by atoms with van der Waals surface area (Å²) in [5.74, 6) is -0.832. The highest BCUT2D eigenvalue weighted by atomic mass is 32.1. The lowest BCUT2D eigenvalue weighted by Crippen LogP contribution is -2.20. The molecule has 0 unspecified atom stereocenters. The number of hydrogen-bond acceptors (Lipinski definition) is 5. The predicted molar refractivity (Wildman–Crippen MR) is 110 cm³/mol. The summed E-state index contributed by atoms with van der Waals surface area (Å²) in [6.07, 6.45) is 0. The molecule has 2 heterocycles. The number of carbonyl (C=O) groups excluding carboxylic acids is 1. The zero-order valence-electron chi connectivity index (χ0n) is 13.7. The van der Waals surface area contributed by atoms with Gasteiger partial charge in [-0.3, -0.25) is 0 Å². The SMILES string of the molecule is CCOC(=O)c1c(-c2cccs2)csc1NC(=S)Nc1ccccc1F. The lowest BCUT2D eigenvalue weighted by molar-refractivity contribution is 0.0529. The van der Waals surface area contributed by atoms with Gasteiger partial charge in [-0.2, -0.15) is 0 Å². The second kappa shape index (κ2) is 8.39. The van der Waals surface area contributed by atoms with Crippen molar-refractivity contribution in [2.45, 2.75) is 6.92 Å². The van der Waals surface area contributed by atoms with Gasteiger partial charge in [-0.25, -0.2) is 9.18 Å². The van der Waals surface area contributed by atoms with Crippen molar-refractivity contribution < 1.29 is 13.9 Å². The Morgan fingerprint density at radius 2 is 2.00 bits per heavy atom. The average molecular weight is 407 g/mol. The predicted octanol–water partition coefficient (Wildman–Crippen LogP) is 5.60. The first-order valence-electron chi connectivity index (χ1n) is 7.75. The fourth-order valence-electron chi connectivity index (χ4n) is 2.29. The van der Waals surface area contributed by atoms with Gasteiger partial charge in [-0.15, -0.1) is 22.7 Å². The van der Waals surface area contributed by atoms with Crippen LogP contribution in [0, 0.1) is 5.82 Å². The number of carbonyl (C=O) groups is 1. The molecule has 0 saturated carbocycles. The maximum Gasteiger partial charge on any atom is 0.341 e. The quantitative estimate of drug-likeness (QED) is 0.427. The van der Waals surface area contributed by atoms with E-state index in [4.69, 9.17) is 17.0 Å². The third-order valence-corrected chi connectivity index (χ3v) is 5.41. The molecule has 8 heteroatoms. The molecule has 2 N–H and O–H groups in total. The van der Waals surface area contributed by atoms with E-state index in [0.717, 1.165) is 10.4 Å². The number of hydrogen-bond donors (Lipinski definition) is 2. The van der Waals surface area contributed by atoms with Crippen molar-refractivity contribution in [2.24, 2.45) is 0 Å². The van der Waals surface area contributed by atoms with E-state index in [9.17, 15) is 9.18 Å². The van der Waals surface area contributed by atoms with E-state index >= 15 is 0 Å². The standard InChI is InChI=1S/C18H15FN2O2S3/c1-2-23-17(22)15-11(14-8-5-9-25-14)10-26-16(15)21-18(24)20-13-7-4-3-6-12(13)19/h3-10H,2H2,1H3,(H2,20,21,24). The number of benzene rings is 1. The van der Waals surface area contributed by atoms with Crippen molar-refractivity contribution in [3.63, 3.8) is 0 Å². The van der Waals surface area contributed by atoms with E-state index in [2.05, 4.69) is 10.6 Å². The van der Waals surface area contributed by atoms with Gasteiger partial charge in [-0.1, -0.05) is 18.2 Å². The number of rotatable bonds is 5. The molecule has 0 aliphatic carbocycles. The normalized spacial score (nSPS) is 10.4. The summed E-state index contributed by atoms with van der Waals surface area (Å²) in [5, 5.41) is 10.4. The second-order valence-electron chi connectivity index (χ2n) is 5.11. The van der Waals surface area contributed by atoms with Gasteiger partial charge < -0.3 is 15.4 Å². The van der Waals surface area contributed by atoms with Crippen LogP contribution in [0.4, 0.5) is 15.1 Å². The molecular weight excluding hydrogens is 391 g/mol. The highest BCUT2D eigenvalue weighted by molar-refractivity contribution is 7.80. The fraction of sp³-hybridized carbons (Fsp3) is 0.111. The van der Waals surface area contributed by atoms with E-state index in [1.165, 1.54) is 28.7 Å². The van der Waals surface area contributed by atoms with E-state index in [1.807, 2.05) is 22.9 Å². The number of thiocarbonyl (C=S) groups is 1. The van der Waals surface area contributed by atoms with E-state index in [0.29, 0.717) is 10.6 Å². The first kappa shape index (κ1) is 18.5. The Labute approximate surface area is 163 Å². The summed E-state index contributed by atoms with van der Waals surface area (Å²) < 4.78 is 19.0. The molecule has 134 valence electrons. The molecule has 0 spiro atoms. The zero-order valence-corrected chi connectivity index (χ0v) is 16.2. The summed E-state index contributed by atoms with van der Waals surface area (Å²) in [4.78, 5) is 13.4. The Bertz CT molecular complexity index is 922. The average Bonchev–Trinajstić information content (AvgIpc) is 3.26. The van der Waals surface area contributed by atoms with Crippen LogP contribution in [0.1, 0.15) is 17.3 Å². The van der Waals surface area contributed by atoms with Gasteiger partial charge >= 0.3 is 5.97 Å². The van der Waals surface area contributed by atoms with Gasteiger partial charge in [0.1, 0.15) is 16.4 Å². The molecule has 0 aliphatic rings. The first-order chi connectivity index (χ1) is 12.6. The summed E-state index contributed by atoms with van der Waals surface area (Å²) in [6, 6.07) is 10.1. The summed E-state index contributed by atoms with van der Waals surface area (Å²) in [5.41, 5.74) is 1.48. The molecule has 0 atom stereocenters. The molecule has 1 aromatic carbocycles. The summed E-state index contributed by atoms with van der Waals surface area (Å²) >= 11 is 8.15. The van der Waals surface area contributed by atoms with Crippen molar-refractivity contribution >= 4 is 56.7 Å². The fourth-order valence-corrected chi connectivity index (χ4v) is 4.34. The van der Waals surface area contributed by atoms with Gasteiger partial charge in [0.25, 0.3) is 0 Å². The van der Waals surface area contributed by atoms with Crippen LogP contribution in [0.3, 0.4) is 0 Å². The molecular formula is C18H15FN2O2S3. The smallest absolute Gasteiger partial charge is 0.341 e. The minimum Gasteiger partial charge on any atom is -0.462 e. The van der Waals surface area contributed by atoms with Crippen LogP contribution in [0.5, 0.6) is 0 Å². The minimum absolute atomic E-state index is 0.195. The van der Waals surface area contributed by atoms with Crippen LogP contribution < -0.4 is 10.6 Å². The molecule has 0 saturated heterocycles. The lowest BCUT2D eigenvalue weighted by Gasteiger charge is -2.12. The summed E-state index contributed by atoms with van der Waals surface area (Å²) in [6.45, 7) is 2.03. The van der Waals surface area contributed by atoms with Crippen LogP contribution in [-0.2, 0) is 4.74 Å². The Morgan fingerprint density at radius 3 is 2.69 bits per heavy atom. The third kappa shape index (κ3) is 4.09. The van der Waals surface area contributed by atoms with Gasteiger partial charge in [0.2, 0.25) is 0 Å². The molecule has 3 aromatic rings. The summed E-state index contributed by atoms with van der Waals surface area (Å²) in [7, 11) is 0. The van der Waals surface area contributed by atoms with Crippen LogP contribution >= 0.6 is 34.9 Å². The minimum atomic E-state index is -0.423. The molecule has 2 aromatic heterocycles. The second-order valence-corrected chi connectivity index (χ2v) is 7.35. The maximum absolute atomic E-state index is 13.8. The molecule has 0 bridgehead atoms. The molecule has 0 aliphatic heterocycles. The van der Waals surface area contributed by atoms with E-state index in [1.54, 1.807) is 25.1 Å². The number of thiophene rings is 2. The zero-order chi connectivity index (χ0) is 18.5. The Hall–Kier alpha value is -2.29. The first-order valence-corrected chi connectivity index (χ1v) is 9.92. The third-order valence-electron chi connectivity index (χ3n) is 3.41. The molecule has 3 rings (SSSR count). The van der Waals surface area contributed by atoms with Crippen LogP contribution in [0.2, 0.25) is 0 Å². The molecule has 4 nitrogen and oxygen atoms in total. The number of ether oxygens (including phenoxy) is 1. The van der Waals surface area contributed by atoms with E-state index in [-0.39, 0.29) is 17.4 Å². The molecule has 26 heavy (non-hydrogen) atoms. The number of nitrogens with one attached hydrogen (secondary N) is 2. The van der Waals surface area contributed by atoms with Crippen molar-refractivity contribution in [2.75, 3.05) is 17.2 Å². The lowest BCUT2D eigenvalue weighted by atomic mass is 10.1. The van der Waals surface area contributed by atoms with Crippen LogP contribution in [0.15, 0.2) is 47.2 Å². The van der Waals surface area contributed by atoms with Gasteiger partial charge in [0.05, 0.1) is 12.3 Å².